The SMILES string of the molecule is NNC(CCCc1ccccc1)C1Cc2ccccc21. The maximum atomic E-state index is 5.77. The van der Waals surface area contributed by atoms with Crippen molar-refractivity contribution >= 4 is 0 Å². The monoisotopic (exact) mass is 266 g/mol. The molecule has 1 aliphatic carbocycles. The first-order valence-electron chi connectivity index (χ1n) is 7.46. The minimum atomic E-state index is 0.397. The molecule has 0 amide bonds. The highest BCUT2D eigenvalue weighted by molar-refractivity contribution is 5.41. The van der Waals surface area contributed by atoms with Gasteiger partial charge < -0.3 is 0 Å². The van der Waals surface area contributed by atoms with Crippen molar-refractivity contribution in [1.82, 2.24) is 5.43 Å². The number of hydrazine groups is 1. The van der Waals surface area contributed by atoms with Gasteiger partial charge in [-0.3, -0.25) is 11.3 Å². The van der Waals surface area contributed by atoms with Crippen molar-refractivity contribution in [3.05, 3.63) is 71.3 Å². The predicted molar refractivity (Wildman–Crippen MR) is 83.4 cm³/mol. The molecule has 3 N–H and O–H groups in total. The number of aryl methyl sites for hydroxylation is 1. The number of benzene rings is 2. The second-order valence-electron chi connectivity index (χ2n) is 5.66. The number of nitrogens with two attached hydrogens (primary N) is 1. The summed E-state index contributed by atoms with van der Waals surface area (Å²) < 4.78 is 0. The van der Waals surface area contributed by atoms with Crippen molar-refractivity contribution in [2.24, 2.45) is 5.84 Å². The van der Waals surface area contributed by atoms with Crippen molar-refractivity contribution in [1.29, 1.82) is 0 Å². The summed E-state index contributed by atoms with van der Waals surface area (Å²) in [6, 6.07) is 19.8. The first-order valence-corrected chi connectivity index (χ1v) is 7.46. The molecule has 3 rings (SSSR count). The second-order valence-corrected chi connectivity index (χ2v) is 5.66. The molecule has 2 aromatic carbocycles. The first kappa shape index (κ1) is 13.3. The van der Waals surface area contributed by atoms with E-state index >= 15 is 0 Å². The predicted octanol–water partition coefficient (Wildman–Crippen LogP) is 3.18. The van der Waals surface area contributed by atoms with Gasteiger partial charge in [-0.05, 0) is 42.4 Å². The maximum absolute atomic E-state index is 5.77. The molecule has 2 unspecified atom stereocenters. The van der Waals surface area contributed by atoms with E-state index in [0.717, 1.165) is 19.3 Å². The van der Waals surface area contributed by atoms with E-state index < -0.39 is 0 Å². The van der Waals surface area contributed by atoms with Crippen molar-refractivity contribution < 1.29 is 0 Å². The van der Waals surface area contributed by atoms with E-state index in [1.54, 1.807) is 0 Å². The van der Waals surface area contributed by atoms with Crippen LogP contribution in [-0.2, 0) is 12.8 Å². The number of nitrogens with one attached hydrogen (secondary N) is 1. The summed E-state index contributed by atoms with van der Waals surface area (Å²) in [4.78, 5) is 0. The van der Waals surface area contributed by atoms with Crippen molar-refractivity contribution in [2.75, 3.05) is 0 Å². The molecule has 0 heterocycles. The van der Waals surface area contributed by atoms with Crippen LogP contribution in [0.1, 0.15) is 35.4 Å². The summed E-state index contributed by atoms with van der Waals surface area (Å²) in [5.41, 5.74) is 7.41. The molecule has 0 saturated carbocycles. The third-order valence-corrected chi connectivity index (χ3v) is 4.42. The van der Waals surface area contributed by atoms with Gasteiger partial charge in [0.2, 0.25) is 0 Å². The van der Waals surface area contributed by atoms with Crippen LogP contribution in [0, 0.1) is 0 Å². The van der Waals surface area contributed by atoms with Crippen LogP contribution < -0.4 is 11.3 Å². The lowest BCUT2D eigenvalue weighted by atomic mass is 9.72. The zero-order valence-corrected chi connectivity index (χ0v) is 11.8. The molecule has 0 bridgehead atoms. The Morgan fingerprint density at radius 2 is 1.80 bits per heavy atom. The van der Waals surface area contributed by atoms with Crippen molar-refractivity contribution in [3.8, 4) is 0 Å². The highest BCUT2D eigenvalue weighted by Gasteiger charge is 2.31. The molecule has 0 aromatic heterocycles. The van der Waals surface area contributed by atoms with E-state index in [4.69, 9.17) is 5.84 Å². The van der Waals surface area contributed by atoms with Crippen LogP contribution in [0.4, 0.5) is 0 Å². The molecule has 0 aliphatic heterocycles. The smallest absolute Gasteiger partial charge is 0.0282 e. The quantitative estimate of drug-likeness (QED) is 0.622. The molecule has 0 saturated heterocycles. The maximum Gasteiger partial charge on any atom is 0.0282 e. The van der Waals surface area contributed by atoms with Crippen molar-refractivity contribution in [3.63, 3.8) is 0 Å². The number of hydrogen-bond donors (Lipinski definition) is 2. The minimum absolute atomic E-state index is 0.397. The fourth-order valence-electron chi connectivity index (χ4n) is 3.23. The van der Waals surface area contributed by atoms with E-state index in [2.05, 4.69) is 60.0 Å². The lowest BCUT2D eigenvalue weighted by Gasteiger charge is -2.36. The fourth-order valence-corrected chi connectivity index (χ4v) is 3.23. The standard InChI is InChI=1S/C18H22N2/c19-20-18(12-6-9-14-7-2-1-3-8-14)17-13-15-10-4-5-11-16(15)17/h1-5,7-8,10-11,17-18,20H,6,9,12-13,19H2. The van der Waals surface area contributed by atoms with Gasteiger partial charge in [0, 0.05) is 12.0 Å². The lowest BCUT2D eigenvalue weighted by Crippen LogP contribution is -2.43. The largest absolute Gasteiger partial charge is 0.271 e. The third-order valence-electron chi connectivity index (χ3n) is 4.42. The molecule has 104 valence electrons. The van der Waals surface area contributed by atoms with E-state index in [9.17, 15) is 0 Å². The summed E-state index contributed by atoms with van der Waals surface area (Å²) in [5, 5.41) is 0. The molecule has 0 spiro atoms. The number of hydrogen-bond acceptors (Lipinski definition) is 2. The van der Waals surface area contributed by atoms with Crippen LogP contribution >= 0.6 is 0 Å². The summed E-state index contributed by atoms with van der Waals surface area (Å²) in [6.07, 6.45) is 4.60. The normalized spacial score (nSPS) is 18.1. The molecule has 2 heteroatoms. The average Bonchev–Trinajstić information content (AvgIpc) is 2.48. The molecular weight excluding hydrogens is 244 g/mol. The Bertz CT molecular complexity index is 550. The Morgan fingerprint density at radius 1 is 1.05 bits per heavy atom. The molecular formula is C18H22N2. The first-order chi connectivity index (χ1) is 9.88. The zero-order chi connectivity index (χ0) is 13.8. The minimum Gasteiger partial charge on any atom is -0.271 e. The highest BCUT2D eigenvalue weighted by atomic mass is 15.2. The van der Waals surface area contributed by atoms with Crippen LogP contribution in [0.2, 0.25) is 0 Å². The van der Waals surface area contributed by atoms with E-state index in [1.165, 1.54) is 23.1 Å². The molecule has 2 atom stereocenters. The van der Waals surface area contributed by atoms with Gasteiger partial charge in [-0.15, -0.1) is 0 Å². The molecule has 20 heavy (non-hydrogen) atoms. The summed E-state index contributed by atoms with van der Waals surface area (Å²) in [7, 11) is 0. The van der Waals surface area contributed by atoms with Crippen LogP contribution in [0.5, 0.6) is 0 Å². The van der Waals surface area contributed by atoms with Crippen molar-refractivity contribution in [2.45, 2.75) is 37.6 Å². The Morgan fingerprint density at radius 3 is 2.55 bits per heavy atom. The van der Waals surface area contributed by atoms with E-state index in [0.29, 0.717) is 12.0 Å². The van der Waals surface area contributed by atoms with Crippen LogP contribution in [0.3, 0.4) is 0 Å². The van der Waals surface area contributed by atoms with Gasteiger partial charge in [-0.2, -0.15) is 0 Å². The average molecular weight is 266 g/mol. The van der Waals surface area contributed by atoms with E-state index in [1.807, 2.05) is 0 Å². The van der Waals surface area contributed by atoms with Gasteiger partial charge in [-0.25, -0.2) is 0 Å². The van der Waals surface area contributed by atoms with Crippen LogP contribution in [0.15, 0.2) is 54.6 Å². The number of rotatable bonds is 6. The second kappa shape index (κ2) is 6.21. The van der Waals surface area contributed by atoms with E-state index in [-0.39, 0.29) is 0 Å². The third kappa shape index (κ3) is 2.77. The lowest BCUT2D eigenvalue weighted by molar-refractivity contribution is 0.377. The summed E-state index contributed by atoms with van der Waals surface area (Å²) in [6.45, 7) is 0. The topological polar surface area (TPSA) is 38.0 Å². The van der Waals surface area contributed by atoms with Crippen LogP contribution in [0.25, 0.3) is 0 Å². The fraction of sp³-hybridized carbons (Fsp3) is 0.333. The molecule has 0 radical (unpaired) electrons. The summed E-state index contributed by atoms with van der Waals surface area (Å²) >= 11 is 0. The van der Waals surface area contributed by atoms with Gasteiger partial charge in [0.15, 0.2) is 0 Å². The van der Waals surface area contributed by atoms with Gasteiger partial charge in [-0.1, -0.05) is 54.6 Å². The molecule has 2 nitrogen and oxygen atoms in total. The Hall–Kier alpha value is -1.64. The van der Waals surface area contributed by atoms with Gasteiger partial charge in [0.25, 0.3) is 0 Å². The van der Waals surface area contributed by atoms with Gasteiger partial charge in [0.1, 0.15) is 0 Å². The molecule has 0 fully saturated rings. The highest BCUT2D eigenvalue weighted by Crippen LogP contribution is 2.38. The molecule has 1 aliphatic rings. The van der Waals surface area contributed by atoms with Crippen LogP contribution in [-0.4, -0.2) is 6.04 Å². The Balaban J connectivity index is 1.54. The molecule has 2 aromatic rings. The zero-order valence-electron chi connectivity index (χ0n) is 11.8. The Labute approximate surface area is 121 Å². The number of fused-ring (bicyclic) bond motifs is 1. The van der Waals surface area contributed by atoms with Gasteiger partial charge in [0.05, 0.1) is 0 Å². The van der Waals surface area contributed by atoms with Gasteiger partial charge >= 0.3 is 0 Å². The summed E-state index contributed by atoms with van der Waals surface area (Å²) in [5.74, 6) is 6.36. The Kier molecular flexibility index (Phi) is 4.14.